The number of hydrogen-bond donors (Lipinski definition) is 2. The number of ether oxygens (including phenoxy) is 1. The van der Waals surface area contributed by atoms with Crippen LogP contribution in [0.3, 0.4) is 0 Å². The number of rotatable bonds is 4. The van der Waals surface area contributed by atoms with Gasteiger partial charge in [-0.05, 0) is 45.2 Å². The van der Waals surface area contributed by atoms with E-state index in [1.807, 2.05) is 6.92 Å². The highest BCUT2D eigenvalue weighted by Gasteiger charge is 2.25. The maximum absolute atomic E-state index is 11.8. The van der Waals surface area contributed by atoms with E-state index in [0.29, 0.717) is 12.3 Å². The zero-order chi connectivity index (χ0) is 11.4. The summed E-state index contributed by atoms with van der Waals surface area (Å²) >= 11 is 0. The van der Waals surface area contributed by atoms with Gasteiger partial charge in [-0.25, -0.2) is 0 Å². The van der Waals surface area contributed by atoms with Gasteiger partial charge < -0.3 is 15.4 Å². The minimum atomic E-state index is 0. The number of carbonyl (C=O) groups is 1. The molecule has 5 heteroatoms. The number of halogens is 1. The van der Waals surface area contributed by atoms with Gasteiger partial charge in [0.15, 0.2) is 0 Å². The molecule has 0 bridgehead atoms. The number of amides is 1. The molecule has 0 aromatic rings. The SMILES string of the molecule is CC(NC(=O)CC1CCNC1)C1CCCO1.Cl. The monoisotopic (exact) mass is 262 g/mol. The molecule has 0 radical (unpaired) electrons. The first-order chi connectivity index (χ1) is 7.75. The predicted molar refractivity (Wildman–Crippen MR) is 69.4 cm³/mol. The smallest absolute Gasteiger partial charge is 0.220 e. The van der Waals surface area contributed by atoms with E-state index in [2.05, 4.69) is 10.6 Å². The van der Waals surface area contributed by atoms with E-state index in [-0.39, 0.29) is 30.5 Å². The average Bonchev–Trinajstić information content (AvgIpc) is 2.88. The summed E-state index contributed by atoms with van der Waals surface area (Å²) in [6, 6.07) is 0.157. The van der Waals surface area contributed by atoms with Gasteiger partial charge >= 0.3 is 0 Å². The quantitative estimate of drug-likeness (QED) is 0.798. The van der Waals surface area contributed by atoms with Crippen LogP contribution in [-0.2, 0) is 9.53 Å². The van der Waals surface area contributed by atoms with E-state index in [4.69, 9.17) is 4.74 Å². The predicted octanol–water partition coefficient (Wildman–Crippen LogP) is 1.09. The Kier molecular flexibility index (Phi) is 6.23. The van der Waals surface area contributed by atoms with Crippen molar-refractivity contribution < 1.29 is 9.53 Å². The number of carbonyl (C=O) groups excluding carboxylic acids is 1. The molecule has 0 aromatic heterocycles. The number of hydrogen-bond acceptors (Lipinski definition) is 3. The maximum atomic E-state index is 11.8. The summed E-state index contributed by atoms with van der Waals surface area (Å²) in [5, 5.41) is 6.34. The molecule has 0 aromatic carbocycles. The molecule has 4 nitrogen and oxygen atoms in total. The average molecular weight is 263 g/mol. The molecule has 0 aliphatic carbocycles. The van der Waals surface area contributed by atoms with Crippen LogP contribution in [0.4, 0.5) is 0 Å². The fraction of sp³-hybridized carbons (Fsp3) is 0.917. The lowest BCUT2D eigenvalue weighted by Crippen LogP contribution is -2.41. The van der Waals surface area contributed by atoms with Crippen molar-refractivity contribution in [2.45, 2.75) is 44.8 Å². The Hall–Kier alpha value is -0.320. The molecule has 100 valence electrons. The molecule has 0 saturated carbocycles. The summed E-state index contributed by atoms with van der Waals surface area (Å²) < 4.78 is 5.56. The second-order valence-corrected chi connectivity index (χ2v) is 4.97. The first-order valence-electron chi connectivity index (χ1n) is 6.37. The van der Waals surface area contributed by atoms with Crippen LogP contribution in [0.15, 0.2) is 0 Å². The van der Waals surface area contributed by atoms with Gasteiger partial charge in [0.2, 0.25) is 5.91 Å². The maximum Gasteiger partial charge on any atom is 0.220 e. The highest BCUT2D eigenvalue weighted by molar-refractivity contribution is 5.85. The standard InChI is InChI=1S/C12H22N2O2.ClH/c1-9(11-3-2-6-16-11)14-12(15)7-10-4-5-13-8-10;/h9-11,13H,2-8H2,1H3,(H,14,15);1H. The van der Waals surface area contributed by atoms with E-state index in [9.17, 15) is 4.79 Å². The topological polar surface area (TPSA) is 50.4 Å². The summed E-state index contributed by atoms with van der Waals surface area (Å²) in [6.45, 7) is 4.93. The fourth-order valence-corrected chi connectivity index (χ4v) is 2.55. The molecule has 2 aliphatic heterocycles. The van der Waals surface area contributed by atoms with Crippen LogP contribution in [0.5, 0.6) is 0 Å². The molecular formula is C12H23ClN2O2. The van der Waals surface area contributed by atoms with Crippen molar-refractivity contribution in [2.75, 3.05) is 19.7 Å². The summed E-state index contributed by atoms with van der Waals surface area (Å²) in [6.07, 6.45) is 4.21. The van der Waals surface area contributed by atoms with E-state index >= 15 is 0 Å². The van der Waals surface area contributed by atoms with Crippen molar-refractivity contribution in [3.8, 4) is 0 Å². The van der Waals surface area contributed by atoms with Gasteiger partial charge in [-0.1, -0.05) is 0 Å². The van der Waals surface area contributed by atoms with Crippen LogP contribution in [0.1, 0.15) is 32.6 Å². The Balaban J connectivity index is 0.00000144. The van der Waals surface area contributed by atoms with Crippen molar-refractivity contribution in [3.05, 3.63) is 0 Å². The second-order valence-electron chi connectivity index (χ2n) is 4.97. The van der Waals surface area contributed by atoms with Crippen LogP contribution in [0.2, 0.25) is 0 Å². The zero-order valence-electron chi connectivity index (χ0n) is 10.4. The molecule has 2 heterocycles. The van der Waals surface area contributed by atoms with E-state index in [0.717, 1.165) is 39.0 Å². The van der Waals surface area contributed by atoms with Crippen LogP contribution < -0.4 is 10.6 Å². The number of nitrogens with one attached hydrogen (secondary N) is 2. The minimum Gasteiger partial charge on any atom is -0.376 e. The lowest BCUT2D eigenvalue weighted by atomic mass is 10.0. The van der Waals surface area contributed by atoms with E-state index in [1.165, 1.54) is 0 Å². The van der Waals surface area contributed by atoms with Crippen molar-refractivity contribution >= 4 is 18.3 Å². The Bertz CT molecular complexity index is 239. The Morgan fingerprint density at radius 2 is 2.35 bits per heavy atom. The minimum absolute atomic E-state index is 0. The molecule has 2 N–H and O–H groups in total. The summed E-state index contributed by atoms with van der Waals surface area (Å²) in [5.41, 5.74) is 0. The van der Waals surface area contributed by atoms with Crippen LogP contribution in [0.25, 0.3) is 0 Å². The highest BCUT2D eigenvalue weighted by Crippen LogP contribution is 2.16. The zero-order valence-corrected chi connectivity index (χ0v) is 11.2. The molecular weight excluding hydrogens is 240 g/mol. The summed E-state index contributed by atoms with van der Waals surface area (Å²) in [5.74, 6) is 0.702. The molecule has 1 amide bonds. The summed E-state index contributed by atoms with van der Waals surface area (Å²) in [4.78, 5) is 11.8. The van der Waals surface area contributed by atoms with Crippen molar-refractivity contribution in [1.82, 2.24) is 10.6 Å². The Morgan fingerprint density at radius 1 is 1.53 bits per heavy atom. The Morgan fingerprint density at radius 3 is 2.94 bits per heavy atom. The molecule has 17 heavy (non-hydrogen) atoms. The molecule has 2 rings (SSSR count). The van der Waals surface area contributed by atoms with Gasteiger partial charge in [0.25, 0.3) is 0 Å². The molecule has 2 saturated heterocycles. The lowest BCUT2D eigenvalue weighted by molar-refractivity contribution is -0.123. The van der Waals surface area contributed by atoms with Crippen molar-refractivity contribution in [1.29, 1.82) is 0 Å². The van der Waals surface area contributed by atoms with Crippen LogP contribution in [-0.4, -0.2) is 37.7 Å². The first kappa shape index (κ1) is 14.7. The highest BCUT2D eigenvalue weighted by atomic mass is 35.5. The first-order valence-corrected chi connectivity index (χ1v) is 6.37. The Labute approximate surface area is 109 Å². The third-order valence-corrected chi connectivity index (χ3v) is 3.55. The molecule has 2 aliphatic rings. The van der Waals surface area contributed by atoms with E-state index < -0.39 is 0 Å². The molecule has 2 fully saturated rings. The summed E-state index contributed by atoms with van der Waals surface area (Å²) in [7, 11) is 0. The van der Waals surface area contributed by atoms with Gasteiger partial charge in [-0.3, -0.25) is 4.79 Å². The normalized spacial score (nSPS) is 29.7. The van der Waals surface area contributed by atoms with Gasteiger partial charge in [0.05, 0.1) is 12.1 Å². The third-order valence-electron chi connectivity index (χ3n) is 3.55. The van der Waals surface area contributed by atoms with Crippen molar-refractivity contribution in [2.24, 2.45) is 5.92 Å². The fourth-order valence-electron chi connectivity index (χ4n) is 2.55. The van der Waals surface area contributed by atoms with E-state index in [1.54, 1.807) is 0 Å². The molecule has 0 spiro atoms. The van der Waals surface area contributed by atoms with Crippen molar-refractivity contribution in [3.63, 3.8) is 0 Å². The molecule has 3 atom stereocenters. The third kappa shape index (κ3) is 4.45. The van der Waals surface area contributed by atoms with Crippen LogP contribution >= 0.6 is 12.4 Å². The van der Waals surface area contributed by atoms with Gasteiger partial charge in [-0.2, -0.15) is 0 Å². The lowest BCUT2D eigenvalue weighted by Gasteiger charge is -2.20. The van der Waals surface area contributed by atoms with Gasteiger partial charge in [0, 0.05) is 13.0 Å². The van der Waals surface area contributed by atoms with Gasteiger partial charge in [0.1, 0.15) is 0 Å². The largest absolute Gasteiger partial charge is 0.376 e. The van der Waals surface area contributed by atoms with Crippen LogP contribution in [0, 0.1) is 5.92 Å². The van der Waals surface area contributed by atoms with Gasteiger partial charge in [-0.15, -0.1) is 12.4 Å². The molecule has 3 unspecified atom stereocenters. The second kappa shape index (κ2) is 7.19.